The number of aryl methyl sites for hydroxylation is 1. The first-order valence-electron chi connectivity index (χ1n) is 18.9. The summed E-state index contributed by atoms with van der Waals surface area (Å²) < 4.78 is 118. The molecule has 0 fully saturated rings. The van der Waals surface area contributed by atoms with Crippen LogP contribution in [-0.4, -0.2) is 32.0 Å². The van der Waals surface area contributed by atoms with Crippen molar-refractivity contribution >= 4 is 56.1 Å². The molecule has 4 aromatic heterocycles. The Hall–Kier alpha value is -4.00. The van der Waals surface area contributed by atoms with Gasteiger partial charge in [-0.05, 0) is 70.2 Å². The molecule has 6 aromatic rings. The van der Waals surface area contributed by atoms with E-state index in [4.69, 9.17) is 13.9 Å². The first kappa shape index (κ1) is 40.8. The third-order valence-corrected chi connectivity index (χ3v) is 15.8. The summed E-state index contributed by atoms with van der Waals surface area (Å²) in [7, 11) is 2.72. The van der Waals surface area contributed by atoms with Crippen molar-refractivity contribution in [2.75, 3.05) is 14.2 Å². The van der Waals surface area contributed by atoms with E-state index in [1.807, 2.05) is 45.9 Å². The summed E-state index contributed by atoms with van der Waals surface area (Å²) in [6.07, 6.45) is 0. The standard InChI is InChI=1S/C46H44F6O3S3/c1-21-15-32(42(5,6)7)57-38(21)40-26-18-31(56-40)39-24(19-33(58-39)43(8,9)10)23-16-22(13-14-27(23)41(2,3)4)37-34(25-17-29(53-11)30(54-12)20-28(25)55-37)36-35(26)44(47,48)46(51,52)45(36,49)50/h13-20H,1-12H3. The molecule has 0 unspecified atom stereocenters. The summed E-state index contributed by atoms with van der Waals surface area (Å²) in [5, 5.41) is -0.0996. The molecule has 58 heavy (non-hydrogen) atoms. The number of rotatable bonds is 3. The van der Waals surface area contributed by atoms with Crippen LogP contribution in [0.2, 0.25) is 0 Å². The number of alkyl halides is 6. The number of hydrogen-bond donors (Lipinski definition) is 0. The maximum absolute atomic E-state index is 17.0. The molecular formula is C46H44F6O3S3. The van der Waals surface area contributed by atoms with Gasteiger partial charge < -0.3 is 13.9 Å². The Morgan fingerprint density at radius 3 is 1.76 bits per heavy atom. The molecule has 0 aliphatic heterocycles. The first-order chi connectivity index (χ1) is 26.7. The molecule has 8 rings (SSSR count). The zero-order valence-corrected chi connectivity index (χ0v) is 36.8. The molecule has 0 saturated heterocycles. The number of hydrogen-bond acceptors (Lipinski definition) is 6. The normalized spacial score (nSPS) is 17.1. The van der Waals surface area contributed by atoms with Crippen molar-refractivity contribution in [3.8, 4) is 53.5 Å². The molecule has 0 saturated carbocycles. The van der Waals surface area contributed by atoms with E-state index >= 15 is 26.3 Å². The van der Waals surface area contributed by atoms with Crippen LogP contribution in [0.1, 0.15) is 94.3 Å². The van der Waals surface area contributed by atoms with Gasteiger partial charge in [-0.15, -0.1) is 34.0 Å². The van der Waals surface area contributed by atoms with Crippen molar-refractivity contribution < 1.29 is 40.2 Å². The summed E-state index contributed by atoms with van der Waals surface area (Å²) in [4.78, 5) is 3.97. The lowest BCUT2D eigenvalue weighted by atomic mass is 9.80. The number of furan rings is 1. The molecule has 0 atom stereocenters. The summed E-state index contributed by atoms with van der Waals surface area (Å²) in [6, 6.07) is 13.6. The highest BCUT2D eigenvalue weighted by Gasteiger charge is 2.81. The van der Waals surface area contributed by atoms with Gasteiger partial charge >= 0.3 is 17.8 Å². The summed E-state index contributed by atoms with van der Waals surface area (Å²) in [5.41, 5.74) is -1.39. The maximum atomic E-state index is 17.0. The lowest BCUT2D eigenvalue weighted by molar-refractivity contribution is -0.254. The van der Waals surface area contributed by atoms with Crippen molar-refractivity contribution in [2.45, 2.75) is 103 Å². The van der Waals surface area contributed by atoms with E-state index in [-0.39, 0.29) is 55.1 Å². The summed E-state index contributed by atoms with van der Waals surface area (Å²) in [5.74, 6) is -16.5. The fraction of sp³-hybridized carbons (Fsp3) is 0.391. The van der Waals surface area contributed by atoms with Gasteiger partial charge in [-0.25, -0.2) is 0 Å². The molecule has 4 bridgehead atoms. The molecule has 306 valence electrons. The predicted octanol–water partition coefficient (Wildman–Crippen LogP) is 15.6. The van der Waals surface area contributed by atoms with Crippen LogP contribution in [-0.2, 0) is 16.2 Å². The third kappa shape index (κ3) is 5.78. The van der Waals surface area contributed by atoms with Crippen LogP contribution in [0.4, 0.5) is 26.3 Å². The molecule has 4 heterocycles. The van der Waals surface area contributed by atoms with Crippen molar-refractivity contribution in [2.24, 2.45) is 0 Å². The number of halogens is 6. The minimum absolute atomic E-state index is 0.0263. The number of benzene rings is 2. The van der Waals surface area contributed by atoms with Crippen LogP contribution in [0.3, 0.4) is 0 Å². The first-order valence-corrected chi connectivity index (χ1v) is 21.3. The topological polar surface area (TPSA) is 31.6 Å². The second kappa shape index (κ2) is 12.8. The molecular weight excluding hydrogens is 811 g/mol. The molecule has 2 aliphatic carbocycles. The number of thiophene rings is 3. The van der Waals surface area contributed by atoms with Crippen LogP contribution in [0.5, 0.6) is 11.5 Å². The lowest BCUT2D eigenvalue weighted by Gasteiger charge is -2.26. The second-order valence-electron chi connectivity index (χ2n) is 18.3. The van der Waals surface area contributed by atoms with E-state index in [2.05, 4.69) is 47.6 Å². The average molecular weight is 855 g/mol. The van der Waals surface area contributed by atoms with E-state index in [0.29, 0.717) is 9.75 Å². The van der Waals surface area contributed by atoms with Gasteiger partial charge in [-0.3, -0.25) is 0 Å². The van der Waals surface area contributed by atoms with Gasteiger partial charge in [0, 0.05) is 64.4 Å². The van der Waals surface area contributed by atoms with Gasteiger partial charge in [-0.1, -0.05) is 74.4 Å². The molecule has 0 spiro atoms. The summed E-state index contributed by atoms with van der Waals surface area (Å²) >= 11 is 4.02. The Morgan fingerprint density at radius 1 is 0.586 bits per heavy atom. The molecule has 3 nitrogen and oxygen atoms in total. The smallest absolute Gasteiger partial charge is 0.380 e. The Morgan fingerprint density at radius 2 is 1.17 bits per heavy atom. The highest BCUT2D eigenvalue weighted by Crippen LogP contribution is 2.68. The Kier molecular flexibility index (Phi) is 8.96. The fourth-order valence-electron chi connectivity index (χ4n) is 7.93. The van der Waals surface area contributed by atoms with E-state index < -0.39 is 39.9 Å². The van der Waals surface area contributed by atoms with Crippen LogP contribution < -0.4 is 9.47 Å². The minimum Gasteiger partial charge on any atom is -0.493 e. The zero-order valence-electron chi connectivity index (χ0n) is 34.3. The van der Waals surface area contributed by atoms with Crippen molar-refractivity contribution in [1.29, 1.82) is 0 Å². The zero-order chi connectivity index (χ0) is 42.4. The number of ether oxygens (including phenoxy) is 2. The fourth-order valence-corrected chi connectivity index (χ4v) is 11.9. The molecule has 2 aromatic carbocycles. The Balaban J connectivity index is 1.66. The van der Waals surface area contributed by atoms with Crippen LogP contribution in [0.15, 0.2) is 52.9 Å². The van der Waals surface area contributed by atoms with E-state index in [1.54, 1.807) is 6.07 Å². The van der Waals surface area contributed by atoms with Crippen molar-refractivity contribution in [3.63, 3.8) is 0 Å². The molecule has 0 radical (unpaired) electrons. The maximum Gasteiger partial charge on any atom is 0.380 e. The SMILES string of the molecule is COc1cc2oc3c(c2cc1OC)C1=C(c2cc(sc2-c2sc(C(C)(C)C)cc2C)-c2sc(C(C)(C)C)cc2-c2cc-3ccc2C(C)(C)C)C(F)(F)C(F)(F)C1(F)F. The Labute approximate surface area is 346 Å². The predicted molar refractivity (Wildman–Crippen MR) is 227 cm³/mol. The number of fused-ring (bicyclic) bond motifs is 13. The minimum atomic E-state index is -5.81. The summed E-state index contributed by atoms with van der Waals surface area (Å²) in [6.45, 7) is 20.4. The van der Waals surface area contributed by atoms with Crippen molar-refractivity contribution in [1.82, 2.24) is 0 Å². The van der Waals surface area contributed by atoms with Crippen LogP contribution >= 0.6 is 34.0 Å². The van der Waals surface area contributed by atoms with Gasteiger partial charge in [0.2, 0.25) is 0 Å². The average Bonchev–Trinajstić information content (AvgIpc) is 3.92. The molecule has 2 aliphatic rings. The highest BCUT2D eigenvalue weighted by molar-refractivity contribution is 7.27. The Bertz CT molecular complexity index is 2700. The largest absolute Gasteiger partial charge is 0.493 e. The molecule has 0 N–H and O–H groups in total. The molecule has 12 heteroatoms. The van der Waals surface area contributed by atoms with E-state index in [1.165, 1.54) is 66.4 Å². The highest BCUT2D eigenvalue weighted by atomic mass is 32.1. The molecule has 0 amide bonds. The van der Waals surface area contributed by atoms with Gasteiger partial charge in [0.15, 0.2) is 11.5 Å². The van der Waals surface area contributed by atoms with Crippen LogP contribution in [0.25, 0.3) is 64.1 Å². The van der Waals surface area contributed by atoms with Crippen molar-refractivity contribution in [3.05, 3.63) is 80.5 Å². The quantitative estimate of drug-likeness (QED) is 0.166. The van der Waals surface area contributed by atoms with Gasteiger partial charge in [0.25, 0.3) is 0 Å². The monoisotopic (exact) mass is 854 g/mol. The van der Waals surface area contributed by atoms with Crippen LogP contribution in [0, 0.1) is 6.92 Å². The third-order valence-electron chi connectivity index (χ3n) is 11.1. The number of methoxy groups -OCH3 is 2. The lowest BCUT2D eigenvalue weighted by Crippen LogP contribution is -2.48. The number of allylic oxidation sites excluding steroid dienone is 2. The van der Waals surface area contributed by atoms with E-state index in [9.17, 15) is 0 Å². The van der Waals surface area contributed by atoms with Gasteiger partial charge in [-0.2, -0.15) is 26.3 Å². The van der Waals surface area contributed by atoms with Gasteiger partial charge in [0.1, 0.15) is 11.3 Å². The van der Waals surface area contributed by atoms with E-state index in [0.717, 1.165) is 36.9 Å². The van der Waals surface area contributed by atoms with Gasteiger partial charge in [0.05, 0.1) is 24.0 Å². The second-order valence-corrected chi connectivity index (χ2v) is 21.5.